The van der Waals surface area contributed by atoms with Crippen LogP contribution in [0.1, 0.15) is 23.9 Å². The van der Waals surface area contributed by atoms with Crippen LogP contribution in [-0.2, 0) is 11.3 Å². The molecule has 0 saturated carbocycles. The van der Waals surface area contributed by atoms with Crippen LogP contribution in [-0.4, -0.2) is 28.5 Å². The molecule has 1 aliphatic heterocycles. The zero-order valence-corrected chi connectivity index (χ0v) is 10.1. The molecule has 17 heavy (non-hydrogen) atoms. The Morgan fingerprint density at radius 3 is 2.76 bits per heavy atom. The molecule has 6 nitrogen and oxygen atoms in total. The molecule has 1 saturated heterocycles. The van der Waals surface area contributed by atoms with E-state index in [4.69, 9.17) is 4.52 Å². The molecule has 0 aromatic carbocycles. The predicted octanol–water partition coefficient (Wildman–Crippen LogP) is 0.979. The molecule has 1 atom stereocenters. The number of amides is 3. The Kier molecular flexibility index (Phi) is 2.87. The summed E-state index contributed by atoms with van der Waals surface area (Å²) in [5.41, 5.74) is 1.68. The Labute approximate surface area is 98.9 Å². The van der Waals surface area contributed by atoms with Gasteiger partial charge in [-0.3, -0.25) is 10.1 Å². The fourth-order valence-corrected chi connectivity index (χ4v) is 1.86. The second kappa shape index (κ2) is 4.20. The van der Waals surface area contributed by atoms with Crippen LogP contribution >= 0.6 is 0 Å². The van der Waals surface area contributed by atoms with Gasteiger partial charge in [0.25, 0.3) is 0 Å². The minimum atomic E-state index is -0.354. The van der Waals surface area contributed by atoms with Gasteiger partial charge in [-0.1, -0.05) is 12.1 Å². The molecule has 2 heterocycles. The molecular formula is C11H15N3O3. The molecule has 6 heteroatoms. The molecule has 1 aromatic rings. The third kappa shape index (κ3) is 2.15. The predicted molar refractivity (Wildman–Crippen MR) is 59.1 cm³/mol. The van der Waals surface area contributed by atoms with Gasteiger partial charge in [-0.05, 0) is 13.8 Å². The van der Waals surface area contributed by atoms with Crippen LogP contribution < -0.4 is 5.32 Å². The first-order chi connectivity index (χ1) is 7.99. The van der Waals surface area contributed by atoms with E-state index in [9.17, 15) is 9.59 Å². The van der Waals surface area contributed by atoms with Gasteiger partial charge in [0, 0.05) is 12.1 Å². The molecule has 1 aromatic heterocycles. The van der Waals surface area contributed by atoms with Crippen LogP contribution in [0.25, 0.3) is 0 Å². The van der Waals surface area contributed by atoms with Crippen molar-refractivity contribution in [2.24, 2.45) is 5.92 Å². The molecule has 92 valence electrons. The number of urea groups is 1. The van der Waals surface area contributed by atoms with E-state index in [1.807, 2.05) is 13.8 Å². The SMILES string of the molecule is Cc1noc(C)c1CN1CC(C)C(=O)NC1=O. The van der Waals surface area contributed by atoms with Gasteiger partial charge in [-0.25, -0.2) is 4.79 Å². The van der Waals surface area contributed by atoms with Gasteiger partial charge in [-0.2, -0.15) is 0 Å². The van der Waals surface area contributed by atoms with Crippen molar-refractivity contribution in [2.75, 3.05) is 6.54 Å². The number of aryl methyl sites for hydroxylation is 2. The lowest BCUT2D eigenvalue weighted by Gasteiger charge is -2.30. The summed E-state index contributed by atoms with van der Waals surface area (Å²) in [7, 11) is 0. The van der Waals surface area contributed by atoms with Crippen molar-refractivity contribution in [1.82, 2.24) is 15.4 Å². The molecule has 0 bridgehead atoms. The van der Waals surface area contributed by atoms with Crippen molar-refractivity contribution in [2.45, 2.75) is 27.3 Å². The Balaban J connectivity index is 2.14. The average molecular weight is 237 g/mol. The van der Waals surface area contributed by atoms with Crippen molar-refractivity contribution < 1.29 is 14.1 Å². The monoisotopic (exact) mass is 237 g/mol. The van der Waals surface area contributed by atoms with Gasteiger partial charge < -0.3 is 9.42 Å². The first kappa shape index (κ1) is 11.6. The van der Waals surface area contributed by atoms with Gasteiger partial charge in [0.2, 0.25) is 5.91 Å². The van der Waals surface area contributed by atoms with Crippen LogP contribution in [0.2, 0.25) is 0 Å². The number of nitrogens with zero attached hydrogens (tertiary/aromatic N) is 2. The normalized spacial score (nSPS) is 20.6. The Hall–Kier alpha value is -1.85. The van der Waals surface area contributed by atoms with Gasteiger partial charge in [-0.15, -0.1) is 0 Å². The highest BCUT2D eigenvalue weighted by molar-refractivity contribution is 5.97. The molecule has 0 aliphatic carbocycles. The summed E-state index contributed by atoms with van der Waals surface area (Å²) in [6.45, 7) is 6.29. The summed E-state index contributed by atoms with van der Waals surface area (Å²) in [5.74, 6) is 0.304. The first-order valence-corrected chi connectivity index (χ1v) is 5.50. The smallest absolute Gasteiger partial charge is 0.324 e. The van der Waals surface area contributed by atoms with E-state index in [2.05, 4.69) is 10.5 Å². The molecule has 0 spiro atoms. The third-order valence-corrected chi connectivity index (χ3v) is 2.99. The molecule has 1 aliphatic rings. The largest absolute Gasteiger partial charge is 0.361 e. The number of aromatic nitrogens is 1. The van der Waals surface area contributed by atoms with Crippen molar-refractivity contribution in [1.29, 1.82) is 0 Å². The molecule has 1 N–H and O–H groups in total. The van der Waals surface area contributed by atoms with Crippen LogP contribution in [0.3, 0.4) is 0 Å². The number of carbonyl (C=O) groups is 2. The number of hydrogen-bond donors (Lipinski definition) is 1. The minimum Gasteiger partial charge on any atom is -0.361 e. The number of carbonyl (C=O) groups excluding carboxylic acids is 2. The summed E-state index contributed by atoms with van der Waals surface area (Å²) in [6.07, 6.45) is 0. The van der Waals surface area contributed by atoms with Crippen LogP contribution in [0, 0.1) is 19.8 Å². The Bertz CT molecular complexity index is 447. The lowest BCUT2D eigenvalue weighted by Crippen LogP contribution is -2.53. The van der Waals surface area contributed by atoms with Crippen LogP contribution in [0.5, 0.6) is 0 Å². The van der Waals surface area contributed by atoms with E-state index in [-0.39, 0.29) is 17.9 Å². The summed E-state index contributed by atoms with van der Waals surface area (Å²) in [5, 5.41) is 6.17. The number of imide groups is 1. The number of hydrogen-bond acceptors (Lipinski definition) is 4. The summed E-state index contributed by atoms with van der Waals surface area (Å²) in [6, 6.07) is -0.354. The maximum atomic E-state index is 11.6. The Morgan fingerprint density at radius 1 is 1.47 bits per heavy atom. The molecule has 1 unspecified atom stereocenters. The second-order valence-electron chi connectivity index (χ2n) is 4.38. The fraction of sp³-hybridized carbons (Fsp3) is 0.545. The van der Waals surface area contributed by atoms with Crippen molar-refractivity contribution in [3.8, 4) is 0 Å². The summed E-state index contributed by atoms with van der Waals surface area (Å²) in [4.78, 5) is 24.5. The lowest BCUT2D eigenvalue weighted by molar-refractivity contribution is -0.125. The van der Waals surface area contributed by atoms with Gasteiger partial charge in [0.15, 0.2) is 0 Å². The molecule has 2 rings (SSSR count). The highest BCUT2D eigenvalue weighted by Gasteiger charge is 2.30. The fourth-order valence-electron chi connectivity index (χ4n) is 1.86. The quantitative estimate of drug-likeness (QED) is 0.831. The summed E-state index contributed by atoms with van der Waals surface area (Å²) < 4.78 is 5.04. The Morgan fingerprint density at radius 2 is 2.18 bits per heavy atom. The van der Waals surface area contributed by atoms with Gasteiger partial charge >= 0.3 is 6.03 Å². The maximum absolute atomic E-state index is 11.6. The highest BCUT2D eigenvalue weighted by Crippen LogP contribution is 2.17. The van der Waals surface area contributed by atoms with Crippen LogP contribution in [0.15, 0.2) is 4.52 Å². The van der Waals surface area contributed by atoms with Crippen LogP contribution in [0.4, 0.5) is 4.79 Å². The maximum Gasteiger partial charge on any atom is 0.324 e. The van der Waals surface area contributed by atoms with E-state index < -0.39 is 0 Å². The lowest BCUT2D eigenvalue weighted by atomic mass is 10.1. The van der Waals surface area contributed by atoms with Crippen molar-refractivity contribution in [3.63, 3.8) is 0 Å². The third-order valence-electron chi connectivity index (χ3n) is 2.99. The van der Waals surface area contributed by atoms with E-state index in [1.165, 1.54) is 0 Å². The first-order valence-electron chi connectivity index (χ1n) is 5.50. The number of nitrogens with one attached hydrogen (secondary N) is 1. The van der Waals surface area contributed by atoms with Gasteiger partial charge in [0.05, 0.1) is 18.2 Å². The number of rotatable bonds is 2. The highest BCUT2D eigenvalue weighted by atomic mass is 16.5. The summed E-state index contributed by atoms with van der Waals surface area (Å²) >= 11 is 0. The van der Waals surface area contributed by atoms with Crippen molar-refractivity contribution in [3.05, 3.63) is 17.0 Å². The minimum absolute atomic E-state index is 0.187. The van der Waals surface area contributed by atoms with E-state index >= 15 is 0 Å². The molecule has 1 fully saturated rings. The van der Waals surface area contributed by atoms with E-state index in [0.717, 1.165) is 11.3 Å². The van der Waals surface area contributed by atoms with Gasteiger partial charge in [0.1, 0.15) is 5.76 Å². The average Bonchev–Trinajstić information content (AvgIpc) is 2.57. The zero-order valence-electron chi connectivity index (χ0n) is 10.1. The molecular weight excluding hydrogens is 222 g/mol. The molecule has 3 amide bonds. The molecule has 0 radical (unpaired) electrons. The van der Waals surface area contributed by atoms with Crippen molar-refractivity contribution >= 4 is 11.9 Å². The topological polar surface area (TPSA) is 75.4 Å². The standard InChI is InChI=1S/C11H15N3O3/c1-6-4-14(11(16)12-10(6)15)5-9-7(2)13-17-8(9)3/h6H,4-5H2,1-3H3,(H,12,15,16). The van der Waals surface area contributed by atoms with E-state index in [1.54, 1.807) is 11.8 Å². The van der Waals surface area contributed by atoms with E-state index in [0.29, 0.717) is 18.8 Å². The second-order valence-corrected chi connectivity index (χ2v) is 4.38. The zero-order chi connectivity index (χ0) is 12.6.